The van der Waals surface area contributed by atoms with Crippen molar-refractivity contribution in [3.05, 3.63) is 90.0 Å². The zero-order valence-corrected chi connectivity index (χ0v) is 16.1. The van der Waals surface area contributed by atoms with E-state index >= 15 is 0 Å². The molecule has 0 aliphatic rings. The highest BCUT2D eigenvalue weighted by Crippen LogP contribution is 2.24. The summed E-state index contributed by atoms with van der Waals surface area (Å²) in [5, 5.41) is 7.23. The summed E-state index contributed by atoms with van der Waals surface area (Å²) in [6.45, 7) is 2.31. The first-order chi connectivity index (χ1) is 14.2. The van der Waals surface area contributed by atoms with Crippen LogP contribution in [0.3, 0.4) is 0 Å². The summed E-state index contributed by atoms with van der Waals surface area (Å²) < 4.78 is 0. The molecule has 0 saturated heterocycles. The first kappa shape index (κ1) is 18.6. The van der Waals surface area contributed by atoms with E-state index in [2.05, 4.69) is 25.6 Å². The quantitative estimate of drug-likeness (QED) is 0.525. The van der Waals surface area contributed by atoms with E-state index in [1.807, 2.05) is 60.7 Å². The summed E-state index contributed by atoms with van der Waals surface area (Å²) >= 11 is 0. The van der Waals surface area contributed by atoms with Gasteiger partial charge in [0.15, 0.2) is 0 Å². The number of fused-ring (bicyclic) bond motifs is 1. The minimum Gasteiger partial charge on any atom is -0.350 e. The number of rotatable bonds is 6. The summed E-state index contributed by atoms with van der Waals surface area (Å²) in [6.07, 6.45) is 2.52. The Hall–Kier alpha value is -3.80. The fourth-order valence-corrected chi connectivity index (χ4v) is 3.15. The third-order valence-electron chi connectivity index (χ3n) is 4.51. The monoisotopic (exact) mass is 383 g/mol. The van der Waals surface area contributed by atoms with Crippen LogP contribution in [0.5, 0.6) is 0 Å². The lowest BCUT2D eigenvalue weighted by Gasteiger charge is -2.11. The standard InChI is InChI=1S/C23H21N5O/c1-16-26-20(23(29)25-14-12-17-7-3-2-4-8-17)15-21(27-16)28-19-11-5-9-18-10-6-13-24-22(18)19/h2-11,13,15H,12,14H2,1H3,(H,25,29)(H,26,27,28). The molecule has 0 unspecified atom stereocenters. The molecule has 6 heteroatoms. The van der Waals surface area contributed by atoms with Gasteiger partial charge in [0.2, 0.25) is 0 Å². The van der Waals surface area contributed by atoms with Crippen LogP contribution in [-0.2, 0) is 6.42 Å². The molecular weight excluding hydrogens is 362 g/mol. The van der Waals surface area contributed by atoms with Gasteiger partial charge in [0.05, 0.1) is 11.2 Å². The van der Waals surface area contributed by atoms with Crippen LogP contribution in [0.4, 0.5) is 11.5 Å². The molecule has 0 bridgehead atoms. The van der Waals surface area contributed by atoms with Gasteiger partial charge in [-0.2, -0.15) is 0 Å². The van der Waals surface area contributed by atoms with Gasteiger partial charge in [0, 0.05) is 24.2 Å². The average molecular weight is 383 g/mol. The Morgan fingerprint density at radius 3 is 2.66 bits per heavy atom. The number of benzene rings is 2. The lowest BCUT2D eigenvalue weighted by atomic mass is 10.1. The molecule has 4 rings (SSSR count). The number of anilines is 2. The topological polar surface area (TPSA) is 79.8 Å². The van der Waals surface area contributed by atoms with Crippen LogP contribution in [0.2, 0.25) is 0 Å². The van der Waals surface area contributed by atoms with E-state index < -0.39 is 0 Å². The molecule has 0 radical (unpaired) electrons. The number of pyridine rings is 1. The van der Waals surface area contributed by atoms with Crippen molar-refractivity contribution in [1.82, 2.24) is 20.3 Å². The Balaban J connectivity index is 1.49. The summed E-state index contributed by atoms with van der Waals surface area (Å²) in [6, 6.07) is 21.5. The van der Waals surface area contributed by atoms with Crippen molar-refractivity contribution >= 4 is 28.3 Å². The molecule has 0 aliphatic carbocycles. The first-order valence-electron chi connectivity index (χ1n) is 9.47. The van der Waals surface area contributed by atoms with Crippen molar-refractivity contribution in [2.45, 2.75) is 13.3 Å². The molecule has 2 aromatic heterocycles. The second-order valence-electron chi connectivity index (χ2n) is 6.68. The number of carbonyl (C=O) groups is 1. The molecule has 2 aromatic carbocycles. The average Bonchev–Trinajstić information content (AvgIpc) is 2.74. The van der Waals surface area contributed by atoms with Gasteiger partial charge in [0.1, 0.15) is 17.3 Å². The molecule has 1 amide bonds. The summed E-state index contributed by atoms with van der Waals surface area (Å²) in [5.41, 5.74) is 3.19. The fourth-order valence-electron chi connectivity index (χ4n) is 3.15. The van der Waals surface area contributed by atoms with Crippen molar-refractivity contribution in [2.24, 2.45) is 0 Å². The predicted octanol–water partition coefficient (Wildman–Crippen LogP) is 4.05. The fraction of sp³-hybridized carbons (Fsp3) is 0.130. The number of amides is 1. The summed E-state index contributed by atoms with van der Waals surface area (Å²) in [4.78, 5) is 25.7. The maximum absolute atomic E-state index is 12.6. The number of carbonyl (C=O) groups excluding carboxylic acids is 1. The van der Waals surface area contributed by atoms with E-state index in [0.29, 0.717) is 23.9 Å². The Morgan fingerprint density at radius 1 is 0.966 bits per heavy atom. The van der Waals surface area contributed by atoms with E-state index in [9.17, 15) is 4.79 Å². The molecule has 0 saturated carbocycles. The Labute approximate surface area is 169 Å². The Kier molecular flexibility index (Phi) is 5.42. The van der Waals surface area contributed by atoms with Gasteiger partial charge in [-0.15, -0.1) is 0 Å². The Bertz CT molecular complexity index is 1140. The molecule has 0 atom stereocenters. The second-order valence-corrected chi connectivity index (χ2v) is 6.68. The van der Waals surface area contributed by atoms with Crippen molar-refractivity contribution in [3.63, 3.8) is 0 Å². The summed E-state index contributed by atoms with van der Waals surface area (Å²) in [5.74, 6) is 0.866. The summed E-state index contributed by atoms with van der Waals surface area (Å²) in [7, 11) is 0. The van der Waals surface area contributed by atoms with Crippen LogP contribution in [0.15, 0.2) is 72.9 Å². The van der Waals surface area contributed by atoms with Crippen LogP contribution >= 0.6 is 0 Å². The number of nitrogens with one attached hydrogen (secondary N) is 2. The van der Waals surface area contributed by atoms with Crippen molar-refractivity contribution in [3.8, 4) is 0 Å². The number of hydrogen-bond donors (Lipinski definition) is 2. The highest BCUT2D eigenvalue weighted by atomic mass is 16.1. The van der Waals surface area contributed by atoms with Crippen LogP contribution < -0.4 is 10.6 Å². The van der Waals surface area contributed by atoms with E-state index in [-0.39, 0.29) is 5.91 Å². The molecule has 2 N–H and O–H groups in total. The molecule has 0 aliphatic heterocycles. The third kappa shape index (κ3) is 4.55. The van der Waals surface area contributed by atoms with Gasteiger partial charge >= 0.3 is 0 Å². The molecule has 144 valence electrons. The van der Waals surface area contributed by atoms with Gasteiger partial charge < -0.3 is 10.6 Å². The van der Waals surface area contributed by atoms with Gasteiger partial charge in [-0.05, 0) is 31.0 Å². The second kappa shape index (κ2) is 8.48. The van der Waals surface area contributed by atoms with Crippen molar-refractivity contribution in [1.29, 1.82) is 0 Å². The molecular formula is C23H21N5O. The maximum Gasteiger partial charge on any atom is 0.270 e. The lowest BCUT2D eigenvalue weighted by molar-refractivity contribution is 0.0949. The highest BCUT2D eigenvalue weighted by Gasteiger charge is 2.11. The largest absolute Gasteiger partial charge is 0.350 e. The third-order valence-corrected chi connectivity index (χ3v) is 4.51. The van der Waals surface area contributed by atoms with Crippen LogP contribution in [0.1, 0.15) is 21.9 Å². The van der Waals surface area contributed by atoms with E-state index in [1.165, 1.54) is 5.56 Å². The zero-order chi connectivity index (χ0) is 20.1. The highest BCUT2D eigenvalue weighted by molar-refractivity contribution is 5.94. The van der Waals surface area contributed by atoms with E-state index in [4.69, 9.17) is 0 Å². The number of para-hydroxylation sites is 1. The van der Waals surface area contributed by atoms with Crippen LogP contribution in [0, 0.1) is 6.92 Å². The van der Waals surface area contributed by atoms with Gasteiger partial charge in [0.25, 0.3) is 5.91 Å². The number of hydrogen-bond acceptors (Lipinski definition) is 5. The van der Waals surface area contributed by atoms with Crippen molar-refractivity contribution < 1.29 is 4.79 Å². The van der Waals surface area contributed by atoms with E-state index in [0.717, 1.165) is 23.0 Å². The minimum absolute atomic E-state index is 0.217. The number of aromatic nitrogens is 3. The van der Waals surface area contributed by atoms with Crippen molar-refractivity contribution in [2.75, 3.05) is 11.9 Å². The Morgan fingerprint density at radius 2 is 1.79 bits per heavy atom. The predicted molar refractivity (Wildman–Crippen MR) is 114 cm³/mol. The molecule has 0 fully saturated rings. The van der Waals surface area contributed by atoms with Crippen LogP contribution in [-0.4, -0.2) is 27.4 Å². The smallest absolute Gasteiger partial charge is 0.270 e. The van der Waals surface area contributed by atoms with Gasteiger partial charge in [-0.3, -0.25) is 9.78 Å². The van der Waals surface area contributed by atoms with Crippen LogP contribution in [0.25, 0.3) is 10.9 Å². The first-order valence-corrected chi connectivity index (χ1v) is 9.47. The SMILES string of the molecule is Cc1nc(Nc2cccc3cccnc23)cc(C(=O)NCCc2ccccc2)n1. The van der Waals surface area contributed by atoms with Gasteiger partial charge in [-0.25, -0.2) is 9.97 Å². The molecule has 2 heterocycles. The minimum atomic E-state index is -0.217. The number of aryl methyl sites for hydroxylation is 1. The number of nitrogens with zero attached hydrogens (tertiary/aromatic N) is 3. The molecule has 29 heavy (non-hydrogen) atoms. The zero-order valence-electron chi connectivity index (χ0n) is 16.1. The molecule has 0 spiro atoms. The molecule has 6 nitrogen and oxygen atoms in total. The van der Waals surface area contributed by atoms with E-state index in [1.54, 1.807) is 19.2 Å². The normalized spacial score (nSPS) is 10.7. The molecule has 4 aromatic rings. The van der Waals surface area contributed by atoms with Gasteiger partial charge in [-0.1, -0.05) is 48.5 Å². The lowest BCUT2D eigenvalue weighted by Crippen LogP contribution is -2.27. The maximum atomic E-state index is 12.6.